The van der Waals surface area contributed by atoms with E-state index < -0.39 is 0 Å². The number of hydrogen-bond acceptors (Lipinski definition) is 6. The SMILES string of the molecule is CC1=C2C[C@H]3[C@@H](CCC4=CC(=O)CC[C@@]43C)[C@@H]2CC[C@]12O[C@@H]1C[C@H](C)CN(CCCC(=O)CCc3ccc(N=[N+]=N)c(I)c3)[C@H]1[C@H]2C. The van der Waals surface area contributed by atoms with Crippen molar-refractivity contribution in [2.45, 2.75) is 122 Å². The van der Waals surface area contributed by atoms with Crippen molar-refractivity contribution in [3.8, 4) is 0 Å². The number of Topliss-reactive ketones (excluding diaryl/α,β-unsaturated/α-hetero) is 1. The van der Waals surface area contributed by atoms with E-state index in [9.17, 15) is 9.59 Å². The Labute approximate surface area is 294 Å². The standard InChI is InChI=1S/C39H52IN4O3/c1-23-18-36-37(44(22-23)17-5-6-28(45)10-7-26-8-12-35(42-43-41)34(40)19-26)25(3)39(47-36)16-14-30-31-11-9-27-20-29(46)13-15-38(27,4)33(31)21-32(30)24(39)2/h8,12,19-20,23,25,30-31,33,36-37,41H,5-7,9-11,13-18,21-22H2,1-4H3/q+1/t23-,25+,30-,31-,33-,36+,37-,38-,39-/m0/s1. The van der Waals surface area contributed by atoms with Crippen LogP contribution in [0.4, 0.5) is 5.69 Å². The van der Waals surface area contributed by atoms with Crippen LogP contribution in [-0.4, -0.2) is 47.3 Å². The zero-order chi connectivity index (χ0) is 33.1. The first-order valence-corrected chi connectivity index (χ1v) is 19.4. The molecule has 0 radical (unpaired) electrons. The molecular formula is C39H52IN4O3+. The van der Waals surface area contributed by atoms with Gasteiger partial charge >= 0.3 is 0 Å². The molecule has 2 saturated carbocycles. The summed E-state index contributed by atoms with van der Waals surface area (Å²) in [6, 6.07) is 6.32. The highest BCUT2D eigenvalue weighted by molar-refractivity contribution is 14.1. The van der Waals surface area contributed by atoms with Crippen molar-refractivity contribution in [3.63, 3.8) is 0 Å². The topological polar surface area (TPSA) is 96.9 Å². The molecular weight excluding hydrogens is 699 g/mol. The van der Waals surface area contributed by atoms with Crippen LogP contribution in [0.2, 0.25) is 0 Å². The van der Waals surface area contributed by atoms with Gasteiger partial charge in [0.1, 0.15) is 11.3 Å². The maximum atomic E-state index is 13.0. The van der Waals surface area contributed by atoms with Crippen LogP contribution in [0.25, 0.3) is 0 Å². The Morgan fingerprint density at radius 3 is 2.81 bits per heavy atom. The second-order valence-electron chi connectivity index (χ2n) is 16.2. The van der Waals surface area contributed by atoms with Gasteiger partial charge in [-0.15, -0.1) is 0 Å². The molecule has 2 heterocycles. The second-order valence-corrected chi connectivity index (χ2v) is 17.3. The fourth-order valence-corrected chi connectivity index (χ4v) is 12.1. The fraction of sp³-hybridized carbons (Fsp3) is 0.692. The van der Waals surface area contributed by atoms with Crippen molar-refractivity contribution >= 4 is 39.8 Å². The third-order valence-corrected chi connectivity index (χ3v) is 14.6. The largest absolute Gasteiger partial charge is 0.365 e. The van der Waals surface area contributed by atoms with Gasteiger partial charge in [-0.2, -0.15) is 0 Å². The number of nitrogens with one attached hydrogen (secondary N) is 1. The molecule has 2 saturated heterocycles. The Bertz CT molecular complexity index is 1560. The number of halogens is 1. The van der Waals surface area contributed by atoms with Crippen LogP contribution >= 0.6 is 22.6 Å². The van der Waals surface area contributed by atoms with E-state index in [1.165, 1.54) is 24.8 Å². The maximum Gasteiger partial charge on any atom is 0.220 e. The number of benzene rings is 1. The first kappa shape index (κ1) is 33.5. The summed E-state index contributed by atoms with van der Waals surface area (Å²) in [5.74, 6) is 3.81. The molecule has 7 nitrogen and oxygen atoms in total. The number of hydrogen-bond donors (Lipinski definition) is 1. The lowest BCUT2D eigenvalue weighted by Gasteiger charge is -2.48. The minimum atomic E-state index is -0.163. The predicted molar refractivity (Wildman–Crippen MR) is 191 cm³/mol. The molecule has 0 aromatic heterocycles. The van der Waals surface area contributed by atoms with Crippen molar-refractivity contribution in [1.29, 1.82) is 5.53 Å². The number of ketones is 2. The molecule has 1 N–H and O–H groups in total. The molecule has 1 spiro atoms. The van der Waals surface area contributed by atoms with Gasteiger partial charge < -0.3 is 4.74 Å². The van der Waals surface area contributed by atoms with Crippen molar-refractivity contribution < 1.29 is 14.3 Å². The highest BCUT2D eigenvalue weighted by atomic mass is 127. The van der Waals surface area contributed by atoms with Gasteiger partial charge in [-0.3, -0.25) is 14.5 Å². The average molecular weight is 752 g/mol. The third kappa shape index (κ3) is 5.87. The van der Waals surface area contributed by atoms with E-state index in [1.54, 1.807) is 11.1 Å². The summed E-state index contributed by atoms with van der Waals surface area (Å²) >= 11 is 2.21. The molecule has 0 unspecified atom stereocenters. The molecule has 2 aliphatic heterocycles. The quantitative estimate of drug-likeness (QED) is 0.125. The molecule has 7 rings (SSSR count). The molecule has 1 aromatic rings. The summed E-state index contributed by atoms with van der Waals surface area (Å²) in [6.45, 7) is 11.8. The number of likely N-dealkylation sites (tertiary alicyclic amines) is 1. The summed E-state index contributed by atoms with van der Waals surface area (Å²) in [7, 11) is 0. The number of rotatable bonds is 8. The lowest BCUT2D eigenvalue weighted by Crippen LogP contribution is -2.52. The van der Waals surface area contributed by atoms with Crippen molar-refractivity contribution in [2.24, 2.45) is 40.1 Å². The molecule has 8 heteroatoms. The number of ether oxygens (including phenoxy) is 1. The van der Waals surface area contributed by atoms with Crippen molar-refractivity contribution in [2.75, 3.05) is 13.1 Å². The van der Waals surface area contributed by atoms with Gasteiger partial charge in [0.15, 0.2) is 16.6 Å². The molecule has 0 bridgehead atoms. The lowest BCUT2D eigenvalue weighted by atomic mass is 9.56. The number of fused-ring (bicyclic) bond motifs is 6. The van der Waals surface area contributed by atoms with Gasteiger partial charge in [0.2, 0.25) is 4.91 Å². The van der Waals surface area contributed by atoms with E-state index >= 15 is 0 Å². The highest BCUT2D eigenvalue weighted by Crippen LogP contribution is 2.65. The monoisotopic (exact) mass is 751 g/mol. The number of allylic oxidation sites excluding steroid dienone is 3. The van der Waals surface area contributed by atoms with Crippen molar-refractivity contribution in [1.82, 2.24) is 9.81 Å². The van der Waals surface area contributed by atoms with Gasteiger partial charge in [-0.1, -0.05) is 38.0 Å². The van der Waals surface area contributed by atoms with E-state index in [-0.39, 0.29) is 17.1 Å². The van der Waals surface area contributed by atoms with Crippen LogP contribution in [0.15, 0.2) is 46.1 Å². The predicted octanol–water partition coefficient (Wildman–Crippen LogP) is 8.69. The molecule has 0 amide bonds. The smallest absolute Gasteiger partial charge is 0.220 e. The first-order valence-electron chi connectivity index (χ1n) is 18.3. The van der Waals surface area contributed by atoms with Crippen molar-refractivity contribution in [3.05, 3.63) is 50.1 Å². The van der Waals surface area contributed by atoms with E-state index in [2.05, 4.69) is 65.2 Å². The average Bonchev–Trinajstić information content (AvgIpc) is 3.56. The Hall–Kier alpha value is -2.00. The van der Waals surface area contributed by atoms with Crippen LogP contribution in [-0.2, 0) is 20.7 Å². The zero-order valence-electron chi connectivity index (χ0n) is 28.7. The minimum absolute atomic E-state index is 0.163. The number of aryl methyl sites for hydroxylation is 1. The summed E-state index contributed by atoms with van der Waals surface area (Å²) in [6.07, 6.45) is 13.9. The number of nitrogens with zero attached hydrogens (tertiary/aromatic N) is 3. The highest BCUT2D eigenvalue weighted by Gasteiger charge is 2.61. The summed E-state index contributed by atoms with van der Waals surface area (Å²) in [4.78, 5) is 31.1. The summed E-state index contributed by atoms with van der Waals surface area (Å²) in [5, 5.41) is 3.83. The van der Waals surface area contributed by atoms with Gasteiger partial charge in [0, 0.05) is 41.3 Å². The van der Waals surface area contributed by atoms with Gasteiger partial charge in [-0.25, -0.2) is 0 Å². The van der Waals surface area contributed by atoms with E-state index in [0.29, 0.717) is 66.2 Å². The molecule has 47 heavy (non-hydrogen) atoms. The molecule has 252 valence electrons. The normalized spacial score (nSPS) is 37.9. The fourth-order valence-electron chi connectivity index (χ4n) is 11.4. The van der Waals surface area contributed by atoms with E-state index in [4.69, 9.17) is 10.3 Å². The molecule has 9 atom stereocenters. The molecule has 4 fully saturated rings. The molecule has 4 aliphatic carbocycles. The van der Waals surface area contributed by atoms with Crippen LogP contribution in [0, 0.1) is 44.1 Å². The number of carbonyl (C=O) groups excluding carboxylic acids is 2. The van der Waals surface area contributed by atoms with E-state index in [0.717, 1.165) is 66.7 Å². The van der Waals surface area contributed by atoms with Crippen LogP contribution < -0.4 is 4.91 Å². The number of piperidine rings is 1. The molecule has 6 aliphatic rings. The Morgan fingerprint density at radius 2 is 2.02 bits per heavy atom. The Morgan fingerprint density at radius 1 is 1.19 bits per heavy atom. The Balaban J connectivity index is 1.01. The van der Waals surface area contributed by atoms with E-state index in [1.807, 2.05) is 24.3 Å². The lowest BCUT2D eigenvalue weighted by molar-refractivity contribution is -0.119. The van der Waals surface area contributed by atoms with Crippen LogP contribution in [0.3, 0.4) is 0 Å². The third-order valence-electron chi connectivity index (χ3n) is 13.7. The number of carbonyl (C=O) groups is 2. The molecule has 1 aromatic carbocycles. The maximum absolute atomic E-state index is 13.0. The Kier molecular flexibility index (Phi) is 9.29. The summed E-state index contributed by atoms with van der Waals surface area (Å²) in [5.41, 5.74) is 13.5. The van der Waals surface area contributed by atoms with Gasteiger partial charge in [0.05, 0.1) is 11.7 Å². The van der Waals surface area contributed by atoms with Gasteiger partial charge in [-0.05, 0) is 152 Å². The second kappa shape index (κ2) is 13.0. The van der Waals surface area contributed by atoms with Crippen LogP contribution in [0.1, 0.15) is 104 Å². The first-order chi connectivity index (χ1) is 22.5. The summed E-state index contributed by atoms with van der Waals surface area (Å²) < 4.78 is 8.28. The van der Waals surface area contributed by atoms with Crippen LogP contribution in [0.5, 0.6) is 0 Å². The van der Waals surface area contributed by atoms with Gasteiger partial charge in [0.25, 0.3) is 0 Å². The minimum Gasteiger partial charge on any atom is -0.365 e. The zero-order valence-corrected chi connectivity index (χ0v) is 30.9.